The molecule has 154 valence electrons. The van der Waals surface area contributed by atoms with Crippen LogP contribution in [0.15, 0.2) is 29.2 Å². The van der Waals surface area contributed by atoms with Crippen LogP contribution in [0, 0.1) is 11.8 Å². The fourth-order valence-corrected chi connectivity index (χ4v) is 4.25. The number of halogens is 1. The van der Waals surface area contributed by atoms with Gasteiger partial charge in [-0.2, -0.15) is 0 Å². The minimum absolute atomic E-state index is 0. The van der Waals surface area contributed by atoms with Gasteiger partial charge in [0.2, 0.25) is 15.9 Å². The molecule has 0 spiro atoms. The van der Waals surface area contributed by atoms with Gasteiger partial charge >= 0.3 is 0 Å². The van der Waals surface area contributed by atoms with Crippen molar-refractivity contribution >= 4 is 28.3 Å². The van der Waals surface area contributed by atoms with E-state index in [1.165, 1.54) is 31.2 Å². The minimum Gasteiger partial charge on any atom is -0.350 e. The third kappa shape index (κ3) is 6.45. The zero-order valence-electron chi connectivity index (χ0n) is 16.6. The molecule has 3 atom stereocenters. The van der Waals surface area contributed by atoms with Gasteiger partial charge in [0.05, 0.1) is 10.9 Å². The first kappa shape index (κ1) is 23.9. The first-order chi connectivity index (χ1) is 12.2. The van der Waals surface area contributed by atoms with Crippen molar-refractivity contribution in [3.63, 3.8) is 0 Å². The fourth-order valence-electron chi connectivity index (χ4n) is 3.35. The number of nitrogens with zero attached hydrogens (tertiary/aromatic N) is 1. The van der Waals surface area contributed by atoms with Gasteiger partial charge in [0.15, 0.2) is 0 Å². The van der Waals surface area contributed by atoms with Gasteiger partial charge in [0.1, 0.15) is 0 Å². The van der Waals surface area contributed by atoms with Gasteiger partial charge in [0, 0.05) is 20.5 Å². The van der Waals surface area contributed by atoms with Crippen LogP contribution in [0.5, 0.6) is 0 Å². The minimum atomic E-state index is -3.43. The molecule has 27 heavy (non-hydrogen) atoms. The van der Waals surface area contributed by atoms with Gasteiger partial charge in [-0.25, -0.2) is 12.7 Å². The van der Waals surface area contributed by atoms with E-state index in [0.29, 0.717) is 18.3 Å². The lowest BCUT2D eigenvalue weighted by atomic mass is 9.85. The number of rotatable bonds is 7. The summed E-state index contributed by atoms with van der Waals surface area (Å²) in [5.41, 5.74) is 0.892. The maximum atomic E-state index is 12.4. The monoisotopic (exact) mass is 417 g/mol. The van der Waals surface area contributed by atoms with E-state index < -0.39 is 10.0 Å². The normalized spacial score (nSPS) is 19.8. The van der Waals surface area contributed by atoms with Crippen LogP contribution in [-0.2, 0) is 14.8 Å². The SMILES string of the molecule is CC(NC(=O)CC(C)C1CCCNC1)c1ccc(S(=O)(=O)N(C)C)cc1.Cl. The molecule has 0 aromatic heterocycles. The molecule has 1 aliphatic rings. The molecule has 0 aliphatic carbocycles. The molecule has 0 bridgehead atoms. The summed E-state index contributed by atoms with van der Waals surface area (Å²) in [7, 11) is -0.413. The highest BCUT2D eigenvalue weighted by Crippen LogP contribution is 2.23. The Balaban J connectivity index is 0.00000364. The second-order valence-corrected chi connectivity index (χ2v) is 9.59. The van der Waals surface area contributed by atoms with Crippen molar-refractivity contribution in [1.29, 1.82) is 0 Å². The average molecular weight is 418 g/mol. The van der Waals surface area contributed by atoms with Crippen molar-refractivity contribution < 1.29 is 13.2 Å². The lowest BCUT2D eigenvalue weighted by molar-refractivity contribution is -0.123. The highest BCUT2D eigenvalue weighted by molar-refractivity contribution is 7.89. The number of benzene rings is 1. The Morgan fingerprint density at radius 1 is 1.26 bits per heavy atom. The molecule has 0 radical (unpaired) electrons. The van der Waals surface area contributed by atoms with Crippen LogP contribution in [0.4, 0.5) is 0 Å². The lowest BCUT2D eigenvalue weighted by Gasteiger charge is -2.28. The molecule has 8 heteroatoms. The molecule has 1 aliphatic heterocycles. The first-order valence-corrected chi connectivity index (χ1v) is 10.7. The molecule has 1 aromatic rings. The van der Waals surface area contributed by atoms with Crippen molar-refractivity contribution in [2.45, 2.75) is 44.0 Å². The van der Waals surface area contributed by atoms with E-state index in [9.17, 15) is 13.2 Å². The number of carbonyl (C=O) groups excluding carboxylic acids is 1. The number of hydrogen-bond acceptors (Lipinski definition) is 4. The van der Waals surface area contributed by atoms with E-state index in [1.54, 1.807) is 24.3 Å². The zero-order valence-corrected chi connectivity index (χ0v) is 18.2. The number of sulfonamides is 1. The number of carbonyl (C=O) groups is 1. The number of hydrogen-bond donors (Lipinski definition) is 2. The molecule has 2 N–H and O–H groups in total. The predicted octanol–water partition coefficient (Wildman–Crippen LogP) is 2.56. The van der Waals surface area contributed by atoms with Crippen LogP contribution in [0.2, 0.25) is 0 Å². The number of amides is 1. The van der Waals surface area contributed by atoms with Gasteiger partial charge in [-0.3, -0.25) is 4.79 Å². The van der Waals surface area contributed by atoms with Crippen molar-refractivity contribution in [1.82, 2.24) is 14.9 Å². The van der Waals surface area contributed by atoms with E-state index in [4.69, 9.17) is 0 Å². The quantitative estimate of drug-likeness (QED) is 0.714. The first-order valence-electron chi connectivity index (χ1n) is 9.24. The molecule has 3 unspecified atom stereocenters. The Bertz CT molecular complexity index is 701. The largest absolute Gasteiger partial charge is 0.350 e. The van der Waals surface area contributed by atoms with E-state index in [1.807, 2.05) is 6.92 Å². The Labute approximate surface area is 169 Å². The fraction of sp³-hybridized carbons (Fsp3) is 0.632. The zero-order chi connectivity index (χ0) is 19.3. The Kier molecular flexibility index (Phi) is 9.21. The molecule has 0 saturated carbocycles. The summed E-state index contributed by atoms with van der Waals surface area (Å²) in [6.45, 7) is 6.13. The molecule has 1 amide bonds. The molecule has 1 fully saturated rings. The molecule has 6 nitrogen and oxygen atoms in total. The summed E-state index contributed by atoms with van der Waals surface area (Å²) >= 11 is 0. The second-order valence-electron chi connectivity index (χ2n) is 7.43. The predicted molar refractivity (Wildman–Crippen MR) is 110 cm³/mol. The topological polar surface area (TPSA) is 78.5 Å². The highest BCUT2D eigenvalue weighted by atomic mass is 35.5. The molecule has 1 heterocycles. The van der Waals surface area contributed by atoms with Gasteiger partial charge in [0.25, 0.3) is 0 Å². The van der Waals surface area contributed by atoms with Crippen LogP contribution in [-0.4, -0.2) is 45.8 Å². The Hall–Kier alpha value is -1.15. The van der Waals surface area contributed by atoms with Crippen molar-refractivity contribution in [3.05, 3.63) is 29.8 Å². The number of nitrogens with one attached hydrogen (secondary N) is 2. The van der Waals surface area contributed by atoms with Crippen molar-refractivity contribution in [2.75, 3.05) is 27.2 Å². The van der Waals surface area contributed by atoms with Gasteiger partial charge in [-0.05, 0) is 62.4 Å². The van der Waals surface area contributed by atoms with E-state index in [0.717, 1.165) is 18.7 Å². The summed E-state index contributed by atoms with van der Waals surface area (Å²) in [6.07, 6.45) is 2.87. The summed E-state index contributed by atoms with van der Waals surface area (Å²) in [6, 6.07) is 6.54. The van der Waals surface area contributed by atoms with Crippen LogP contribution in [0.1, 0.15) is 44.7 Å². The van der Waals surface area contributed by atoms with Gasteiger partial charge in [-0.1, -0.05) is 19.1 Å². The van der Waals surface area contributed by atoms with Gasteiger partial charge < -0.3 is 10.6 Å². The van der Waals surface area contributed by atoms with Gasteiger partial charge in [-0.15, -0.1) is 12.4 Å². The van der Waals surface area contributed by atoms with Crippen LogP contribution >= 0.6 is 12.4 Å². The van der Waals surface area contributed by atoms with E-state index in [2.05, 4.69) is 17.6 Å². The Morgan fingerprint density at radius 2 is 1.89 bits per heavy atom. The summed E-state index contributed by atoms with van der Waals surface area (Å²) in [5, 5.41) is 6.42. The molecular weight excluding hydrogens is 386 g/mol. The highest BCUT2D eigenvalue weighted by Gasteiger charge is 2.23. The second kappa shape index (κ2) is 10.4. The van der Waals surface area contributed by atoms with Crippen molar-refractivity contribution in [3.8, 4) is 0 Å². The molecule has 1 aromatic carbocycles. The Morgan fingerprint density at radius 3 is 2.41 bits per heavy atom. The maximum Gasteiger partial charge on any atom is 0.242 e. The third-order valence-corrected chi connectivity index (χ3v) is 7.01. The van der Waals surface area contributed by atoms with Crippen molar-refractivity contribution in [2.24, 2.45) is 11.8 Å². The third-order valence-electron chi connectivity index (χ3n) is 5.18. The lowest BCUT2D eigenvalue weighted by Crippen LogP contribution is -2.36. The summed E-state index contributed by atoms with van der Waals surface area (Å²) in [4.78, 5) is 12.6. The maximum absolute atomic E-state index is 12.4. The standard InChI is InChI=1S/C19H31N3O3S.ClH/c1-14(17-6-5-11-20-13-17)12-19(23)21-15(2)16-7-9-18(10-8-16)26(24,25)22(3)4;/h7-10,14-15,17,20H,5-6,11-13H2,1-4H3,(H,21,23);1H. The average Bonchev–Trinajstić information content (AvgIpc) is 2.62. The van der Waals surface area contributed by atoms with Crippen LogP contribution < -0.4 is 10.6 Å². The number of piperidine rings is 1. The van der Waals surface area contributed by atoms with E-state index >= 15 is 0 Å². The van der Waals surface area contributed by atoms with Crippen LogP contribution in [0.3, 0.4) is 0 Å². The molecular formula is C19H32ClN3O3S. The summed E-state index contributed by atoms with van der Waals surface area (Å²) in [5.74, 6) is 0.948. The van der Waals surface area contributed by atoms with Crippen LogP contribution in [0.25, 0.3) is 0 Å². The molecule has 2 rings (SSSR count). The summed E-state index contributed by atoms with van der Waals surface area (Å²) < 4.78 is 25.4. The molecule has 1 saturated heterocycles. The van der Waals surface area contributed by atoms with E-state index in [-0.39, 0.29) is 29.3 Å². The smallest absolute Gasteiger partial charge is 0.242 e.